The van der Waals surface area contributed by atoms with Crippen LogP contribution in [0.2, 0.25) is 5.02 Å². The highest BCUT2D eigenvalue weighted by Gasteiger charge is 2.17. The van der Waals surface area contributed by atoms with Gasteiger partial charge < -0.3 is 10.1 Å². The lowest BCUT2D eigenvalue weighted by molar-refractivity contribution is 0.0769. The average Bonchev–Trinajstić information content (AvgIpc) is 2.86. The fourth-order valence-corrected chi connectivity index (χ4v) is 2.37. The molecule has 19 heavy (non-hydrogen) atoms. The SMILES string of the molecule is Cn1nnc(-c2cc(Cl)cc(C3COCCN3)c2)n1. The minimum Gasteiger partial charge on any atom is -0.378 e. The van der Waals surface area contributed by atoms with E-state index in [4.69, 9.17) is 16.3 Å². The Balaban J connectivity index is 1.95. The van der Waals surface area contributed by atoms with Crippen molar-refractivity contribution in [2.45, 2.75) is 6.04 Å². The maximum absolute atomic E-state index is 6.17. The molecular weight excluding hydrogens is 266 g/mol. The van der Waals surface area contributed by atoms with E-state index in [0.717, 1.165) is 24.3 Å². The fourth-order valence-electron chi connectivity index (χ4n) is 2.12. The Hall–Kier alpha value is -1.50. The third-order valence-corrected chi connectivity index (χ3v) is 3.23. The van der Waals surface area contributed by atoms with Gasteiger partial charge in [-0.1, -0.05) is 11.6 Å². The summed E-state index contributed by atoms with van der Waals surface area (Å²) < 4.78 is 5.47. The second-order valence-electron chi connectivity index (χ2n) is 4.46. The molecule has 6 nitrogen and oxygen atoms in total. The van der Waals surface area contributed by atoms with Crippen LogP contribution in [0.1, 0.15) is 11.6 Å². The number of rotatable bonds is 2. The van der Waals surface area contributed by atoms with Crippen LogP contribution in [0.3, 0.4) is 0 Å². The summed E-state index contributed by atoms with van der Waals surface area (Å²) in [6.45, 7) is 2.24. The Morgan fingerprint density at radius 2 is 2.32 bits per heavy atom. The van der Waals surface area contributed by atoms with Crippen molar-refractivity contribution < 1.29 is 4.74 Å². The fraction of sp³-hybridized carbons (Fsp3) is 0.417. The number of hydrogen-bond acceptors (Lipinski definition) is 5. The molecule has 0 spiro atoms. The lowest BCUT2D eigenvalue weighted by atomic mass is 10.0. The predicted octanol–water partition coefficient (Wildman–Crippen LogP) is 1.19. The smallest absolute Gasteiger partial charge is 0.204 e. The zero-order valence-electron chi connectivity index (χ0n) is 10.5. The molecule has 0 amide bonds. The molecule has 1 fully saturated rings. The molecule has 0 bridgehead atoms. The van der Waals surface area contributed by atoms with Crippen molar-refractivity contribution in [2.75, 3.05) is 19.8 Å². The van der Waals surface area contributed by atoms with Crippen molar-refractivity contribution in [2.24, 2.45) is 7.05 Å². The van der Waals surface area contributed by atoms with Gasteiger partial charge in [0.15, 0.2) is 0 Å². The normalized spacial score (nSPS) is 19.6. The van der Waals surface area contributed by atoms with E-state index in [9.17, 15) is 0 Å². The van der Waals surface area contributed by atoms with Crippen molar-refractivity contribution in [1.29, 1.82) is 0 Å². The molecule has 2 aromatic rings. The van der Waals surface area contributed by atoms with Gasteiger partial charge in [-0.15, -0.1) is 10.2 Å². The summed E-state index contributed by atoms with van der Waals surface area (Å²) in [6.07, 6.45) is 0. The molecule has 2 heterocycles. The summed E-state index contributed by atoms with van der Waals surface area (Å²) in [5.41, 5.74) is 1.94. The van der Waals surface area contributed by atoms with Gasteiger partial charge in [-0.2, -0.15) is 4.80 Å². The Kier molecular flexibility index (Phi) is 3.46. The van der Waals surface area contributed by atoms with Crippen LogP contribution in [0.5, 0.6) is 0 Å². The molecule has 1 aromatic carbocycles. The van der Waals surface area contributed by atoms with Gasteiger partial charge >= 0.3 is 0 Å². The summed E-state index contributed by atoms with van der Waals surface area (Å²) in [6, 6.07) is 5.96. The molecule has 1 N–H and O–H groups in total. The standard InChI is InChI=1S/C12H14ClN5O/c1-18-16-12(15-17-18)9-4-8(5-10(13)6-9)11-7-19-3-2-14-11/h4-6,11,14H,2-3,7H2,1H3. The lowest BCUT2D eigenvalue weighted by Crippen LogP contribution is -2.34. The molecule has 1 aliphatic rings. The van der Waals surface area contributed by atoms with Crippen molar-refractivity contribution in [1.82, 2.24) is 25.5 Å². The van der Waals surface area contributed by atoms with E-state index in [0.29, 0.717) is 17.5 Å². The van der Waals surface area contributed by atoms with Crippen LogP contribution in [0.4, 0.5) is 0 Å². The summed E-state index contributed by atoms with van der Waals surface area (Å²) in [5, 5.41) is 16.1. The number of halogens is 1. The first kappa shape index (κ1) is 12.5. The van der Waals surface area contributed by atoms with Gasteiger partial charge in [-0.05, 0) is 29.0 Å². The Labute approximate surface area is 115 Å². The van der Waals surface area contributed by atoms with Gasteiger partial charge in [0, 0.05) is 17.1 Å². The van der Waals surface area contributed by atoms with Crippen LogP contribution in [0, 0.1) is 0 Å². The highest BCUT2D eigenvalue weighted by Crippen LogP contribution is 2.26. The first-order valence-corrected chi connectivity index (χ1v) is 6.46. The van der Waals surface area contributed by atoms with Gasteiger partial charge in [0.2, 0.25) is 5.82 Å². The monoisotopic (exact) mass is 279 g/mol. The maximum atomic E-state index is 6.17. The number of nitrogens with zero attached hydrogens (tertiary/aromatic N) is 4. The number of benzene rings is 1. The number of aryl methyl sites for hydroxylation is 1. The van der Waals surface area contributed by atoms with Crippen LogP contribution < -0.4 is 5.32 Å². The maximum Gasteiger partial charge on any atom is 0.204 e. The quantitative estimate of drug-likeness (QED) is 0.895. The minimum atomic E-state index is 0.155. The number of aromatic nitrogens is 4. The summed E-state index contributed by atoms with van der Waals surface area (Å²) >= 11 is 6.17. The molecule has 1 saturated heterocycles. The summed E-state index contributed by atoms with van der Waals surface area (Å²) in [5.74, 6) is 0.572. The summed E-state index contributed by atoms with van der Waals surface area (Å²) in [4.78, 5) is 1.43. The van der Waals surface area contributed by atoms with Gasteiger partial charge in [0.25, 0.3) is 0 Å². The largest absolute Gasteiger partial charge is 0.378 e. The molecular formula is C12H14ClN5O. The van der Waals surface area contributed by atoms with Crippen LogP contribution in [-0.4, -0.2) is 40.0 Å². The summed E-state index contributed by atoms with van der Waals surface area (Å²) in [7, 11) is 1.73. The highest BCUT2D eigenvalue weighted by molar-refractivity contribution is 6.30. The van der Waals surface area contributed by atoms with Crippen LogP contribution in [0.25, 0.3) is 11.4 Å². The average molecular weight is 280 g/mol. The molecule has 7 heteroatoms. The van der Waals surface area contributed by atoms with E-state index in [2.05, 4.69) is 20.7 Å². The molecule has 1 aliphatic heterocycles. The first-order chi connectivity index (χ1) is 9.22. The second kappa shape index (κ2) is 5.24. The zero-order chi connectivity index (χ0) is 13.2. The molecule has 3 rings (SSSR count). The van der Waals surface area contributed by atoms with Crippen LogP contribution in [0.15, 0.2) is 18.2 Å². The molecule has 1 atom stereocenters. The first-order valence-electron chi connectivity index (χ1n) is 6.08. The molecule has 0 saturated carbocycles. The Morgan fingerprint density at radius 3 is 3.00 bits per heavy atom. The number of morpholine rings is 1. The molecule has 1 aromatic heterocycles. The van der Waals surface area contributed by atoms with Crippen molar-refractivity contribution >= 4 is 11.6 Å². The van der Waals surface area contributed by atoms with Crippen LogP contribution in [-0.2, 0) is 11.8 Å². The van der Waals surface area contributed by atoms with Gasteiger partial charge in [0.1, 0.15) is 0 Å². The third-order valence-electron chi connectivity index (χ3n) is 3.01. The van der Waals surface area contributed by atoms with Crippen molar-refractivity contribution in [3.8, 4) is 11.4 Å². The van der Waals surface area contributed by atoms with Gasteiger partial charge in [-0.3, -0.25) is 0 Å². The molecule has 0 aliphatic carbocycles. The highest BCUT2D eigenvalue weighted by atomic mass is 35.5. The van der Waals surface area contributed by atoms with E-state index in [1.54, 1.807) is 7.05 Å². The van der Waals surface area contributed by atoms with E-state index >= 15 is 0 Å². The van der Waals surface area contributed by atoms with E-state index in [1.807, 2.05) is 18.2 Å². The van der Waals surface area contributed by atoms with E-state index < -0.39 is 0 Å². The van der Waals surface area contributed by atoms with Gasteiger partial charge in [0.05, 0.1) is 26.3 Å². The zero-order valence-corrected chi connectivity index (χ0v) is 11.3. The molecule has 100 valence electrons. The lowest BCUT2D eigenvalue weighted by Gasteiger charge is -2.24. The topological polar surface area (TPSA) is 64.9 Å². The van der Waals surface area contributed by atoms with Crippen molar-refractivity contribution in [3.05, 3.63) is 28.8 Å². The number of hydrogen-bond donors (Lipinski definition) is 1. The number of tetrazole rings is 1. The van der Waals surface area contributed by atoms with E-state index in [-0.39, 0.29) is 6.04 Å². The van der Waals surface area contributed by atoms with Crippen molar-refractivity contribution in [3.63, 3.8) is 0 Å². The minimum absolute atomic E-state index is 0.155. The third kappa shape index (κ3) is 2.75. The number of nitrogens with one attached hydrogen (secondary N) is 1. The number of ether oxygens (including phenoxy) is 1. The Morgan fingerprint density at radius 1 is 1.42 bits per heavy atom. The molecule has 1 unspecified atom stereocenters. The van der Waals surface area contributed by atoms with Gasteiger partial charge in [-0.25, -0.2) is 0 Å². The second-order valence-corrected chi connectivity index (χ2v) is 4.89. The molecule has 0 radical (unpaired) electrons. The Bertz CT molecular complexity index is 579. The predicted molar refractivity (Wildman–Crippen MR) is 70.8 cm³/mol. The van der Waals surface area contributed by atoms with E-state index in [1.165, 1.54) is 4.80 Å². The van der Waals surface area contributed by atoms with Crippen LogP contribution >= 0.6 is 11.6 Å².